The van der Waals surface area contributed by atoms with Crippen molar-refractivity contribution in [3.05, 3.63) is 0 Å². The number of carbonyl (C=O) groups is 2. The largest absolute Gasteiger partial charge is 0.481 e. The number of hydrogen-bond donors (Lipinski definition) is 1. The van der Waals surface area contributed by atoms with Gasteiger partial charge in [0.2, 0.25) is 0 Å². The lowest BCUT2D eigenvalue weighted by molar-refractivity contribution is -0.150. The van der Waals surface area contributed by atoms with Crippen LogP contribution in [0.1, 0.15) is 226 Å². The highest BCUT2D eigenvalue weighted by molar-refractivity contribution is 5.69. The van der Waals surface area contributed by atoms with Crippen LogP contribution in [0.3, 0.4) is 0 Å². The van der Waals surface area contributed by atoms with Crippen LogP contribution in [0.4, 0.5) is 0 Å². The van der Waals surface area contributed by atoms with E-state index in [9.17, 15) is 9.59 Å². The first-order chi connectivity index (χ1) is 20.6. The predicted molar refractivity (Wildman–Crippen MR) is 181 cm³/mol. The van der Waals surface area contributed by atoms with Crippen LogP contribution < -0.4 is 0 Å². The Bertz CT molecular complexity index is 561. The Morgan fingerprint density at radius 1 is 0.429 bits per heavy atom. The van der Waals surface area contributed by atoms with Crippen LogP contribution in [-0.4, -0.2) is 23.1 Å². The van der Waals surface area contributed by atoms with Crippen LogP contribution in [0.2, 0.25) is 0 Å². The number of esters is 1. The summed E-state index contributed by atoms with van der Waals surface area (Å²) in [6.07, 6.45) is 40.0. The number of ether oxygens (including phenoxy) is 1. The van der Waals surface area contributed by atoms with Gasteiger partial charge in [-0.3, -0.25) is 9.59 Å². The maximum atomic E-state index is 12.5. The van der Waals surface area contributed by atoms with E-state index in [1.165, 1.54) is 135 Å². The molecule has 250 valence electrons. The van der Waals surface area contributed by atoms with Gasteiger partial charge in [0.25, 0.3) is 0 Å². The number of carboxylic acid groups (broad SMARTS) is 1. The SMILES string of the molecule is CCCCCCCCCCCCCCCCCCCCCC(=O)OC(CCCCCCC)CCCCCCCC(=O)O. The summed E-state index contributed by atoms with van der Waals surface area (Å²) in [7, 11) is 0. The smallest absolute Gasteiger partial charge is 0.306 e. The van der Waals surface area contributed by atoms with E-state index >= 15 is 0 Å². The zero-order chi connectivity index (χ0) is 30.8. The van der Waals surface area contributed by atoms with E-state index in [1.54, 1.807) is 0 Å². The molecule has 4 nitrogen and oxygen atoms in total. The Morgan fingerprint density at radius 2 is 0.714 bits per heavy atom. The lowest BCUT2D eigenvalue weighted by Crippen LogP contribution is -2.18. The van der Waals surface area contributed by atoms with Gasteiger partial charge in [-0.1, -0.05) is 174 Å². The number of carbonyl (C=O) groups excluding carboxylic acids is 1. The molecule has 0 aromatic heterocycles. The minimum atomic E-state index is -0.699. The van der Waals surface area contributed by atoms with E-state index < -0.39 is 5.97 Å². The Hall–Kier alpha value is -1.06. The second kappa shape index (κ2) is 34.4. The van der Waals surface area contributed by atoms with Crippen molar-refractivity contribution < 1.29 is 19.4 Å². The molecular formula is C38H74O4. The Kier molecular flexibility index (Phi) is 33.6. The quantitative estimate of drug-likeness (QED) is 0.0585. The van der Waals surface area contributed by atoms with Crippen LogP contribution in [0, 0.1) is 0 Å². The Morgan fingerprint density at radius 3 is 1.05 bits per heavy atom. The second-order valence-electron chi connectivity index (χ2n) is 13.1. The molecule has 1 N–H and O–H groups in total. The molecule has 0 aliphatic heterocycles. The number of rotatable bonds is 35. The zero-order valence-corrected chi connectivity index (χ0v) is 28.6. The van der Waals surface area contributed by atoms with Crippen molar-refractivity contribution in [3.63, 3.8) is 0 Å². The standard InChI is InChI=1S/C38H74O4/c1-3-5-7-9-10-11-12-13-14-15-16-17-18-19-20-21-22-27-31-35-38(41)42-36(32-28-24-8-6-4-2)33-29-25-23-26-30-34-37(39)40/h36H,3-35H2,1-2H3,(H,39,40). The molecular weight excluding hydrogens is 520 g/mol. The maximum absolute atomic E-state index is 12.5. The third-order valence-corrected chi connectivity index (χ3v) is 8.83. The fraction of sp³-hybridized carbons (Fsp3) is 0.947. The first kappa shape index (κ1) is 40.9. The van der Waals surface area contributed by atoms with E-state index in [2.05, 4.69) is 13.8 Å². The van der Waals surface area contributed by atoms with Crippen molar-refractivity contribution in [2.24, 2.45) is 0 Å². The van der Waals surface area contributed by atoms with Crippen LogP contribution in [0.15, 0.2) is 0 Å². The molecule has 0 spiro atoms. The normalized spacial score (nSPS) is 12.0. The molecule has 0 amide bonds. The van der Waals surface area contributed by atoms with E-state index in [1.807, 2.05) is 0 Å². The highest BCUT2D eigenvalue weighted by Crippen LogP contribution is 2.19. The minimum absolute atomic E-state index is 0.00184. The van der Waals surface area contributed by atoms with Crippen molar-refractivity contribution in [1.29, 1.82) is 0 Å². The summed E-state index contributed by atoms with van der Waals surface area (Å²) in [6, 6.07) is 0. The number of hydrogen-bond acceptors (Lipinski definition) is 3. The van der Waals surface area contributed by atoms with Crippen LogP contribution in [0.25, 0.3) is 0 Å². The van der Waals surface area contributed by atoms with Gasteiger partial charge in [0, 0.05) is 12.8 Å². The fourth-order valence-electron chi connectivity index (χ4n) is 6.01. The maximum Gasteiger partial charge on any atom is 0.306 e. The highest BCUT2D eigenvalue weighted by Gasteiger charge is 2.14. The second-order valence-corrected chi connectivity index (χ2v) is 13.1. The molecule has 0 saturated carbocycles. The third kappa shape index (κ3) is 33.4. The van der Waals surface area contributed by atoms with Gasteiger partial charge in [-0.15, -0.1) is 0 Å². The first-order valence-electron chi connectivity index (χ1n) is 19.0. The molecule has 4 heteroatoms. The average molecular weight is 595 g/mol. The van der Waals surface area contributed by atoms with Crippen molar-refractivity contribution in [3.8, 4) is 0 Å². The predicted octanol–water partition coefficient (Wildman–Crippen LogP) is 12.9. The van der Waals surface area contributed by atoms with Gasteiger partial charge in [0.05, 0.1) is 0 Å². The molecule has 0 aliphatic carbocycles. The number of carboxylic acids is 1. The van der Waals surface area contributed by atoms with Gasteiger partial charge in [0.15, 0.2) is 0 Å². The van der Waals surface area contributed by atoms with Gasteiger partial charge in [-0.25, -0.2) is 0 Å². The van der Waals surface area contributed by atoms with Crippen molar-refractivity contribution in [1.82, 2.24) is 0 Å². The summed E-state index contributed by atoms with van der Waals surface area (Å²) in [5.74, 6) is -0.697. The van der Waals surface area contributed by atoms with Gasteiger partial charge in [-0.05, 0) is 38.5 Å². The Balaban J connectivity index is 3.70. The van der Waals surface area contributed by atoms with E-state index in [4.69, 9.17) is 9.84 Å². The third-order valence-electron chi connectivity index (χ3n) is 8.83. The summed E-state index contributed by atoms with van der Waals surface area (Å²) < 4.78 is 5.94. The van der Waals surface area contributed by atoms with Gasteiger partial charge in [-0.2, -0.15) is 0 Å². The van der Waals surface area contributed by atoms with Gasteiger partial charge in [0.1, 0.15) is 6.10 Å². The van der Waals surface area contributed by atoms with Gasteiger partial charge >= 0.3 is 11.9 Å². The Labute approximate surface area is 262 Å². The molecule has 0 rings (SSSR count). The van der Waals surface area contributed by atoms with Crippen molar-refractivity contribution in [2.45, 2.75) is 232 Å². The van der Waals surface area contributed by atoms with Crippen molar-refractivity contribution >= 4 is 11.9 Å². The topological polar surface area (TPSA) is 63.6 Å². The van der Waals surface area contributed by atoms with Crippen LogP contribution >= 0.6 is 0 Å². The summed E-state index contributed by atoms with van der Waals surface area (Å²) in [5.41, 5.74) is 0. The molecule has 0 fully saturated rings. The van der Waals surface area contributed by atoms with E-state index in [-0.39, 0.29) is 18.5 Å². The summed E-state index contributed by atoms with van der Waals surface area (Å²) in [5, 5.41) is 8.76. The molecule has 0 bridgehead atoms. The summed E-state index contributed by atoms with van der Waals surface area (Å²) in [6.45, 7) is 4.53. The number of unbranched alkanes of at least 4 members (excludes halogenated alkanes) is 26. The molecule has 0 aliphatic rings. The first-order valence-corrected chi connectivity index (χ1v) is 19.0. The lowest BCUT2D eigenvalue weighted by Gasteiger charge is -2.18. The minimum Gasteiger partial charge on any atom is -0.481 e. The fourth-order valence-corrected chi connectivity index (χ4v) is 6.01. The van der Waals surface area contributed by atoms with E-state index in [0.29, 0.717) is 6.42 Å². The zero-order valence-electron chi connectivity index (χ0n) is 28.6. The summed E-state index contributed by atoms with van der Waals surface area (Å²) in [4.78, 5) is 23.2. The molecule has 1 unspecified atom stereocenters. The highest BCUT2D eigenvalue weighted by atomic mass is 16.5. The lowest BCUT2D eigenvalue weighted by atomic mass is 10.0. The summed E-state index contributed by atoms with van der Waals surface area (Å²) >= 11 is 0. The van der Waals surface area contributed by atoms with Crippen LogP contribution in [0.5, 0.6) is 0 Å². The van der Waals surface area contributed by atoms with Gasteiger partial charge < -0.3 is 9.84 Å². The number of aliphatic carboxylic acids is 1. The average Bonchev–Trinajstić information content (AvgIpc) is 2.97. The van der Waals surface area contributed by atoms with Crippen molar-refractivity contribution in [2.75, 3.05) is 0 Å². The van der Waals surface area contributed by atoms with E-state index in [0.717, 1.165) is 64.2 Å². The molecule has 0 aromatic rings. The molecule has 0 heterocycles. The van der Waals surface area contributed by atoms with Crippen LogP contribution in [-0.2, 0) is 14.3 Å². The molecule has 42 heavy (non-hydrogen) atoms. The molecule has 0 aromatic carbocycles. The molecule has 1 atom stereocenters. The molecule has 0 radical (unpaired) electrons. The monoisotopic (exact) mass is 595 g/mol. The molecule has 0 saturated heterocycles.